The van der Waals surface area contributed by atoms with Crippen molar-refractivity contribution in [1.29, 1.82) is 0 Å². The molecule has 0 amide bonds. The maximum absolute atomic E-state index is 10.7. The Morgan fingerprint density at radius 3 is 1.68 bits per heavy atom. The molecule has 0 aliphatic heterocycles. The molecule has 0 aliphatic rings. The Morgan fingerprint density at radius 1 is 0.659 bits per heavy atom. The molecular weight excluding hydrogens is 561 g/mol. The Hall–Kier alpha value is -4.10. The van der Waals surface area contributed by atoms with Gasteiger partial charge in [-0.05, 0) is 23.3 Å². The van der Waals surface area contributed by atoms with Crippen molar-refractivity contribution in [2.45, 2.75) is 20.0 Å². The fourth-order valence-corrected chi connectivity index (χ4v) is 4.61. The van der Waals surface area contributed by atoms with Gasteiger partial charge in [0.2, 0.25) is 0 Å². The first-order valence-corrected chi connectivity index (χ1v) is 14.7. The van der Waals surface area contributed by atoms with Gasteiger partial charge in [0.1, 0.15) is 18.8 Å². The summed E-state index contributed by atoms with van der Waals surface area (Å²) in [6.07, 6.45) is 0. The average Bonchev–Trinajstić information content (AvgIpc) is 3.19. The molecule has 5 rings (SSSR count). The molecule has 1 aromatic heterocycles. The van der Waals surface area contributed by atoms with Gasteiger partial charge in [-0.2, -0.15) is 0 Å². The molecule has 4 aromatic carbocycles. The van der Waals surface area contributed by atoms with E-state index < -0.39 is 7.81 Å². The third-order valence-electron chi connectivity index (χ3n) is 6.30. The summed E-state index contributed by atoms with van der Waals surface area (Å²) in [5.41, 5.74) is 7.37. The average molecular weight is 591 g/mol. The summed E-state index contributed by atoms with van der Waals surface area (Å²) in [4.78, 5) is 0. The molecule has 0 fully saturated rings. The first-order chi connectivity index (χ1) is 19.2. The normalized spacial score (nSPS) is 13.0. The van der Waals surface area contributed by atoms with Crippen LogP contribution >= 0.6 is 7.81 Å². The maximum atomic E-state index is 9.87. The molecular formula is C31H29F6N2OP. The number of aromatic nitrogens is 2. The summed E-state index contributed by atoms with van der Waals surface area (Å²) in [6, 6.07) is 40.5. The van der Waals surface area contributed by atoms with Crippen molar-refractivity contribution in [2.75, 3.05) is 7.11 Å². The molecule has 0 N–H and O–H groups in total. The first-order valence-electron chi connectivity index (χ1n) is 12.7. The fraction of sp³-hybridized carbons (Fsp3) is 0.129. The van der Waals surface area contributed by atoms with Crippen LogP contribution < -0.4 is 9.30 Å². The Bertz CT molecular complexity index is 1600. The predicted octanol–water partition coefficient (Wildman–Crippen LogP) is 9.91. The van der Waals surface area contributed by atoms with Crippen molar-refractivity contribution in [3.63, 3.8) is 0 Å². The van der Waals surface area contributed by atoms with Crippen LogP contribution in [0.15, 0.2) is 115 Å². The van der Waals surface area contributed by atoms with Gasteiger partial charge in [-0.1, -0.05) is 103 Å². The predicted molar refractivity (Wildman–Crippen MR) is 151 cm³/mol. The van der Waals surface area contributed by atoms with Crippen molar-refractivity contribution in [2.24, 2.45) is 0 Å². The van der Waals surface area contributed by atoms with E-state index in [1.165, 1.54) is 39.5 Å². The Balaban J connectivity index is 0.000000493. The van der Waals surface area contributed by atoms with Crippen LogP contribution in [0.5, 0.6) is 5.75 Å². The van der Waals surface area contributed by atoms with Gasteiger partial charge >= 0.3 is 33.0 Å². The molecule has 41 heavy (non-hydrogen) atoms. The standard InChI is InChI=1S/C31H29N2O.F6P/c1-24-32(22-25-13-6-3-7-14-25)30(27-16-8-4-9-17-27)31(28-18-10-5-11-19-28)33(24)23-26-15-12-20-29(21-26)34-2;1-7(2,3,4,5)6/h3-21H,22-23H2,1-2H3;/q+1;-1. The van der Waals surface area contributed by atoms with Crippen molar-refractivity contribution in [3.05, 3.63) is 132 Å². The van der Waals surface area contributed by atoms with Gasteiger partial charge in [0, 0.05) is 18.1 Å². The number of rotatable bonds is 7. The number of halogens is 6. The first kappa shape index (κ1) is 29.9. The van der Waals surface area contributed by atoms with Gasteiger partial charge in [0.05, 0.1) is 7.11 Å². The van der Waals surface area contributed by atoms with Gasteiger partial charge in [-0.15, -0.1) is 0 Å². The van der Waals surface area contributed by atoms with E-state index in [4.69, 9.17) is 4.74 Å². The molecule has 0 radical (unpaired) electrons. The number of imidazole rings is 1. The van der Waals surface area contributed by atoms with E-state index in [2.05, 4.69) is 125 Å². The topological polar surface area (TPSA) is 18.0 Å². The monoisotopic (exact) mass is 590 g/mol. The van der Waals surface area contributed by atoms with Crippen LogP contribution in [0.3, 0.4) is 0 Å². The van der Waals surface area contributed by atoms with E-state index >= 15 is 0 Å². The van der Waals surface area contributed by atoms with Crippen LogP contribution in [-0.2, 0) is 13.1 Å². The van der Waals surface area contributed by atoms with Crippen LogP contribution in [0.2, 0.25) is 0 Å². The number of benzene rings is 4. The van der Waals surface area contributed by atoms with E-state index in [-0.39, 0.29) is 0 Å². The second-order valence-electron chi connectivity index (χ2n) is 9.44. The van der Waals surface area contributed by atoms with Crippen LogP contribution in [-0.4, -0.2) is 11.7 Å². The van der Waals surface area contributed by atoms with Crippen molar-refractivity contribution < 1.29 is 34.5 Å². The summed E-state index contributed by atoms with van der Waals surface area (Å²) >= 11 is 0. The van der Waals surface area contributed by atoms with Gasteiger partial charge in [-0.3, -0.25) is 0 Å². The SMILES string of the molecule is COc1cccc(C[n+]2c(-c3ccccc3)c(-c3ccccc3)n(Cc3ccccc3)c2C)c1.F[P-](F)(F)(F)(F)F. The third kappa shape index (κ3) is 8.95. The molecule has 0 saturated carbocycles. The molecule has 216 valence electrons. The summed E-state index contributed by atoms with van der Waals surface area (Å²) < 4.78 is 69.6. The van der Waals surface area contributed by atoms with Gasteiger partial charge in [0.15, 0.2) is 11.4 Å². The number of hydrogen-bond donors (Lipinski definition) is 0. The molecule has 0 bridgehead atoms. The molecule has 10 heteroatoms. The number of hydrogen-bond acceptors (Lipinski definition) is 1. The summed E-state index contributed by atoms with van der Waals surface area (Å²) in [5, 5.41) is 0. The Labute approximate surface area is 234 Å². The van der Waals surface area contributed by atoms with E-state index in [0.29, 0.717) is 0 Å². The van der Waals surface area contributed by atoms with Crippen LogP contribution in [0.25, 0.3) is 22.5 Å². The number of ether oxygens (including phenoxy) is 1. The van der Waals surface area contributed by atoms with Crippen molar-refractivity contribution >= 4 is 7.81 Å². The molecule has 0 spiro atoms. The van der Waals surface area contributed by atoms with Crippen molar-refractivity contribution in [1.82, 2.24) is 4.57 Å². The molecule has 0 aliphatic carbocycles. The van der Waals surface area contributed by atoms with E-state index in [9.17, 15) is 25.2 Å². The minimum atomic E-state index is -10.7. The minimum absolute atomic E-state index is 0.759. The van der Waals surface area contributed by atoms with E-state index in [0.717, 1.165) is 18.8 Å². The summed E-state index contributed by atoms with van der Waals surface area (Å²) in [6.45, 7) is 3.79. The molecule has 1 heterocycles. The Morgan fingerprint density at radius 2 is 1.15 bits per heavy atom. The third-order valence-corrected chi connectivity index (χ3v) is 6.30. The van der Waals surface area contributed by atoms with Crippen LogP contribution in [0, 0.1) is 6.92 Å². The summed E-state index contributed by atoms with van der Waals surface area (Å²) in [5.74, 6) is 2.09. The second-order valence-corrected chi connectivity index (χ2v) is 11.4. The fourth-order valence-electron chi connectivity index (χ4n) is 4.61. The van der Waals surface area contributed by atoms with Gasteiger partial charge in [0.25, 0.3) is 5.82 Å². The zero-order chi connectivity index (χ0) is 29.7. The van der Waals surface area contributed by atoms with Gasteiger partial charge < -0.3 is 4.74 Å². The molecule has 5 aromatic rings. The van der Waals surface area contributed by atoms with E-state index in [1.54, 1.807) is 7.11 Å². The Kier molecular flexibility index (Phi) is 8.05. The zero-order valence-electron chi connectivity index (χ0n) is 22.4. The summed E-state index contributed by atoms with van der Waals surface area (Å²) in [7, 11) is -8.94. The molecule has 0 unspecified atom stereocenters. The van der Waals surface area contributed by atoms with Crippen LogP contribution in [0.4, 0.5) is 25.2 Å². The number of nitrogens with zero attached hydrogens (tertiary/aromatic N) is 2. The zero-order valence-corrected chi connectivity index (χ0v) is 23.3. The quantitative estimate of drug-likeness (QED) is 0.105. The van der Waals surface area contributed by atoms with Crippen molar-refractivity contribution in [3.8, 4) is 28.3 Å². The van der Waals surface area contributed by atoms with E-state index in [1.807, 2.05) is 6.07 Å². The van der Waals surface area contributed by atoms with Crippen LogP contribution in [0.1, 0.15) is 17.0 Å². The second kappa shape index (κ2) is 11.1. The molecule has 0 atom stereocenters. The molecule has 0 saturated heterocycles. The van der Waals surface area contributed by atoms with Gasteiger partial charge in [-0.25, -0.2) is 9.13 Å². The molecule has 3 nitrogen and oxygen atoms in total. The number of methoxy groups -OCH3 is 1.